The van der Waals surface area contributed by atoms with E-state index in [0.29, 0.717) is 25.9 Å². The number of carbonyl (C=O) groups excluding carboxylic acids is 2. The van der Waals surface area contributed by atoms with Crippen LogP contribution in [0.1, 0.15) is 44.7 Å². The first-order valence-electron chi connectivity index (χ1n) is 14.9. The summed E-state index contributed by atoms with van der Waals surface area (Å²) < 4.78 is 0. The molecule has 2 amide bonds. The van der Waals surface area contributed by atoms with Crippen molar-refractivity contribution in [2.75, 3.05) is 29.1 Å². The Morgan fingerprint density at radius 3 is 2.58 bits per heavy atom. The summed E-state index contributed by atoms with van der Waals surface area (Å²) in [4.78, 5) is 33.4. The number of aliphatic hydroxyl groups excluding tert-OH is 1. The number of aryl methyl sites for hydroxylation is 1. The van der Waals surface area contributed by atoms with Crippen LogP contribution in [0.2, 0.25) is 0 Å². The molecule has 0 aromatic heterocycles. The lowest BCUT2D eigenvalue weighted by atomic mass is 9.99. The number of amidine groups is 1. The number of carbonyl (C=O) groups is 2. The van der Waals surface area contributed by atoms with Gasteiger partial charge < -0.3 is 26.0 Å². The van der Waals surface area contributed by atoms with Crippen molar-refractivity contribution in [1.82, 2.24) is 10.6 Å². The van der Waals surface area contributed by atoms with E-state index in [1.54, 1.807) is 18.7 Å². The van der Waals surface area contributed by atoms with E-state index < -0.39 is 17.7 Å². The topological polar surface area (TPSA) is 106 Å². The van der Waals surface area contributed by atoms with Gasteiger partial charge in [0.25, 0.3) is 0 Å². The summed E-state index contributed by atoms with van der Waals surface area (Å²) in [6.45, 7) is 7.18. The predicted molar refractivity (Wildman–Crippen MR) is 177 cm³/mol. The first-order valence-corrected chi connectivity index (χ1v) is 15.9. The highest BCUT2D eigenvalue weighted by Crippen LogP contribution is 2.32. The number of fused-ring (bicyclic) bond motifs is 1. The highest BCUT2D eigenvalue weighted by Gasteiger charge is 2.32. The fourth-order valence-electron chi connectivity index (χ4n) is 5.49. The van der Waals surface area contributed by atoms with Crippen LogP contribution in [-0.2, 0) is 22.6 Å². The molecule has 0 unspecified atom stereocenters. The van der Waals surface area contributed by atoms with Gasteiger partial charge in [0.1, 0.15) is 6.04 Å². The molecule has 3 aromatic carbocycles. The van der Waals surface area contributed by atoms with Crippen molar-refractivity contribution in [3.05, 3.63) is 83.9 Å². The summed E-state index contributed by atoms with van der Waals surface area (Å²) in [5.41, 5.74) is 5.65. The Morgan fingerprint density at radius 1 is 1.09 bits per heavy atom. The largest absolute Gasteiger partial charge is 0.392 e. The zero-order chi connectivity index (χ0) is 30.4. The van der Waals surface area contributed by atoms with Gasteiger partial charge in [0.2, 0.25) is 11.8 Å². The van der Waals surface area contributed by atoms with E-state index in [1.807, 2.05) is 49.1 Å². The van der Waals surface area contributed by atoms with Gasteiger partial charge in [-0.1, -0.05) is 72.4 Å². The van der Waals surface area contributed by atoms with Gasteiger partial charge >= 0.3 is 0 Å². The number of aliphatic imine (C=N–C) groups is 1. The fraction of sp³-hybridized carbons (Fsp3) is 0.382. The number of nitrogens with one attached hydrogen (secondary N) is 3. The third kappa shape index (κ3) is 8.04. The molecule has 5 rings (SSSR count). The lowest BCUT2D eigenvalue weighted by Gasteiger charge is -2.29. The second kappa shape index (κ2) is 13.8. The predicted octanol–water partition coefficient (Wildman–Crippen LogP) is 4.97. The highest BCUT2D eigenvalue weighted by molar-refractivity contribution is 8.14. The molecule has 0 spiro atoms. The molecule has 0 fully saturated rings. The smallest absolute Gasteiger partial charge is 0.249 e. The first-order chi connectivity index (χ1) is 20.7. The van der Waals surface area contributed by atoms with Gasteiger partial charge in [-0.05, 0) is 62.4 Å². The van der Waals surface area contributed by atoms with E-state index in [-0.39, 0.29) is 18.2 Å². The molecule has 9 heteroatoms. The number of anilines is 2. The molecule has 4 N–H and O–H groups in total. The van der Waals surface area contributed by atoms with Crippen molar-refractivity contribution in [1.29, 1.82) is 0 Å². The summed E-state index contributed by atoms with van der Waals surface area (Å²) in [5.74, 6) is 0.703. The van der Waals surface area contributed by atoms with E-state index in [1.165, 1.54) is 0 Å². The van der Waals surface area contributed by atoms with Crippen molar-refractivity contribution < 1.29 is 14.7 Å². The standard InChI is InChI=1S/C34H41N5O3S/c1-23(40)21-36-34(2,3)20-31(41)37-29-17-16-26-8-4-7-11-30(26)39(32(29)42)22-24-12-14-25(15-13-24)27-9-5-6-10-28(27)38-33-35-18-19-43-33/h4-15,23,29,36,40H,16-22H2,1-3H3,(H,35,38)(H,37,41)/t23-,29-/m1/s1. The molecule has 2 aliphatic heterocycles. The monoisotopic (exact) mass is 599 g/mol. The Labute approximate surface area is 258 Å². The van der Waals surface area contributed by atoms with Crippen LogP contribution in [0.5, 0.6) is 0 Å². The van der Waals surface area contributed by atoms with Gasteiger partial charge in [-0.25, -0.2) is 0 Å². The van der Waals surface area contributed by atoms with Crippen molar-refractivity contribution in [2.45, 2.75) is 64.3 Å². The quantitative estimate of drug-likeness (QED) is 0.262. The van der Waals surface area contributed by atoms with E-state index in [2.05, 4.69) is 63.4 Å². The average Bonchev–Trinajstić information content (AvgIpc) is 3.46. The third-order valence-corrected chi connectivity index (χ3v) is 8.61. The lowest BCUT2D eigenvalue weighted by Crippen LogP contribution is -2.51. The van der Waals surface area contributed by atoms with Crippen LogP contribution < -0.4 is 20.9 Å². The minimum atomic E-state index is -0.624. The number of rotatable bonds is 10. The number of benzene rings is 3. The van der Waals surface area contributed by atoms with Crippen molar-refractivity contribution >= 4 is 40.1 Å². The Bertz CT molecular complexity index is 1470. The highest BCUT2D eigenvalue weighted by atomic mass is 32.2. The number of nitrogens with zero attached hydrogens (tertiary/aromatic N) is 2. The molecule has 2 aliphatic rings. The van der Waals surface area contributed by atoms with Gasteiger partial charge in [-0.3, -0.25) is 14.6 Å². The Kier molecular flexibility index (Phi) is 9.85. The summed E-state index contributed by atoms with van der Waals surface area (Å²) in [5, 5.41) is 20.3. The zero-order valence-corrected chi connectivity index (χ0v) is 25.9. The van der Waals surface area contributed by atoms with Gasteiger partial charge in [0.05, 0.1) is 19.2 Å². The molecule has 0 radical (unpaired) electrons. The van der Waals surface area contributed by atoms with E-state index in [0.717, 1.165) is 51.1 Å². The molecule has 3 aromatic rings. The van der Waals surface area contributed by atoms with Crippen molar-refractivity contribution in [3.8, 4) is 11.1 Å². The Balaban J connectivity index is 1.32. The molecule has 2 heterocycles. The first kappa shape index (κ1) is 30.8. The normalized spacial score (nSPS) is 17.6. The second-order valence-corrected chi connectivity index (χ2v) is 13.0. The van der Waals surface area contributed by atoms with Crippen LogP contribution >= 0.6 is 11.8 Å². The average molecular weight is 600 g/mol. The maximum absolute atomic E-state index is 14.0. The molecule has 226 valence electrons. The zero-order valence-electron chi connectivity index (χ0n) is 25.1. The van der Waals surface area contributed by atoms with Crippen molar-refractivity contribution in [3.63, 3.8) is 0 Å². The SMILES string of the molecule is C[C@@H](O)CNC(C)(C)CC(=O)N[C@@H]1CCc2ccccc2N(Cc2ccc(-c3ccccc3NC3=NCCS3)cc2)C1=O. The van der Waals surface area contributed by atoms with Crippen LogP contribution in [0.15, 0.2) is 77.8 Å². The van der Waals surface area contributed by atoms with E-state index >= 15 is 0 Å². The number of aliphatic hydroxyl groups is 1. The van der Waals surface area contributed by atoms with Crippen LogP contribution in [0, 0.1) is 0 Å². The molecular weight excluding hydrogens is 558 g/mol. The van der Waals surface area contributed by atoms with Gasteiger partial charge in [0.15, 0.2) is 5.17 Å². The molecule has 0 saturated heterocycles. The number of thioether (sulfide) groups is 1. The van der Waals surface area contributed by atoms with E-state index in [9.17, 15) is 14.7 Å². The minimum Gasteiger partial charge on any atom is -0.392 e. The summed E-state index contributed by atoms with van der Waals surface area (Å²) in [6, 6.07) is 23.9. The molecule has 0 saturated carbocycles. The molecular formula is C34H41N5O3S. The van der Waals surface area contributed by atoms with Crippen molar-refractivity contribution in [2.24, 2.45) is 4.99 Å². The van der Waals surface area contributed by atoms with E-state index in [4.69, 9.17) is 0 Å². The maximum Gasteiger partial charge on any atom is 0.249 e. The van der Waals surface area contributed by atoms with Crippen LogP contribution in [-0.4, -0.2) is 58.6 Å². The van der Waals surface area contributed by atoms with Gasteiger partial charge in [0, 0.05) is 41.2 Å². The van der Waals surface area contributed by atoms with Crippen LogP contribution in [0.3, 0.4) is 0 Å². The van der Waals surface area contributed by atoms with Gasteiger partial charge in [-0.15, -0.1) is 0 Å². The molecule has 0 aliphatic carbocycles. The summed E-state index contributed by atoms with van der Waals surface area (Å²) in [6.07, 6.45) is 0.912. The number of para-hydroxylation sites is 2. The van der Waals surface area contributed by atoms with Crippen LogP contribution in [0.25, 0.3) is 11.1 Å². The number of β-amino-alcohol motifs (C(OH)–C–C–N with tert-alkyl or cyclic N) is 1. The molecule has 0 bridgehead atoms. The molecule has 2 atom stereocenters. The minimum absolute atomic E-state index is 0.110. The lowest BCUT2D eigenvalue weighted by molar-refractivity contribution is -0.128. The molecule has 8 nitrogen and oxygen atoms in total. The second-order valence-electron chi connectivity index (χ2n) is 11.9. The summed E-state index contributed by atoms with van der Waals surface area (Å²) >= 11 is 1.73. The maximum atomic E-state index is 14.0. The van der Waals surface area contributed by atoms with Gasteiger partial charge in [-0.2, -0.15) is 0 Å². The third-order valence-electron chi connectivity index (χ3n) is 7.72. The summed E-state index contributed by atoms with van der Waals surface area (Å²) in [7, 11) is 0. The molecule has 43 heavy (non-hydrogen) atoms. The fourth-order valence-corrected chi connectivity index (χ4v) is 6.23. The number of amides is 2. The Morgan fingerprint density at radius 2 is 1.84 bits per heavy atom. The van der Waals surface area contributed by atoms with Crippen LogP contribution in [0.4, 0.5) is 11.4 Å². The number of hydrogen-bond acceptors (Lipinski definition) is 7. The number of hydrogen-bond donors (Lipinski definition) is 4. The Hall–Kier alpha value is -3.66.